The van der Waals surface area contributed by atoms with Crippen molar-refractivity contribution in [3.8, 4) is 0 Å². The molecule has 1 atom stereocenters. The molecule has 0 aromatic heterocycles. The summed E-state index contributed by atoms with van der Waals surface area (Å²) in [5.41, 5.74) is 0. The molecule has 3 heteroatoms. The molecule has 1 aliphatic heterocycles. The largest absolute Gasteiger partial charge is 0.316 e. The molecule has 0 amide bonds. The van der Waals surface area contributed by atoms with Crippen LogP contribution in [0.1, 0.15) is 33.1 Å². The molecule has 1 heterocycles. The molecule has 0 aliphatic carbocycles. The maximum Gasteiger partial charge on any atom is 0.0223 e. The third-order valence-corrected chi connectivity index (χ3v) is 3.43. The van der Waals surface area contributed by atoms with Gasteiger partial charge in [-0.3, -0.25) is 4.90 Å². The van der Waals surface area contributed by atoms with Gasteiger partial charge >= 0.3 is 0 Å². The standard InChI is InChI=1S/C14H31N3/c1-13(2)11-15-8-6-10-17-9-5-7-14(17)12-16(3)4/h13-15H,5-12H2,1-4H3. The lowest BCUT2D eigenvalue weighted by molar-refractivity contribution is 0.205. The first-order chi connectivity index (χ1) is 8.09. The number of rotatable bonds is 8. The minimum atomic E-state index is 0.767. The van der Waals surface area contributed by atoms with Gasteiger partial charge in [-0.05, 0) is 65.5 Å². The zero-order valence-corrected chi connectivity index (χ0v) is 12.2. The molecule has 0 spiro atoms. The number of likely N-dealkylation sites (N-methyl/N-ethyl adjacent to an activating group) is 1. The van der Waals surface area contributed by atoms with Crippen LogP contribution < -0.4 is 5.32 Å². The number of nitrogens with one attached hydrogen (secondary N) is 1. The number of hydrogen-bond acceptors (Lipinski definition) is 3. The summed E-state index contributed by atoms with van der Waals surface area (Å²) in [4.78, 5) is 5.00. The third kappa shape index (κ3) is 6.39. The van der Waals surface area contributed by atoms with Crippen molar-refractivity contribution in [3.63, 3.8) is 0 Å². The molecular weight excluding hydrogens is 210 g/mol. The van der Waals surface area contributed by atoms with Crippen LogP contribution in [0.5, 0.6) is 0 Å². The van der Waals surface area contributed by atoms with E-state index in [4.69, 9.17) is 0 Å². The summed E-state index contributed by atoms with van der Waals surface area (Å²) < 4.78 is 0. The highest BCUT2D eigenvalue weighted by molar-refractivity contribution is 4.80. The van der Waals surface area contributed by atoms with Crippen LogP contribution in [0.4, 0.5) is 0 Å². The molecule has 0 radical (unpaired) electrons. The molecule has 1 unspecified atom stereocenters. The Kier molecular flexibility index (Phi) is 7.09. The zero-order valence-electron chi connectivity index (χ0n) is 12.2. The molecule has 0 aromatic carbocycles. The van der Waals surface area contributed by atoms with Crippen molar-refractivity contribution in [2.45, 2.75) is 39.2 Å². The minimum absolute atomic E-state index is 0.767. The van der Waals surface area contributed by atoms with Gasteiger partial charge in [0.05, 0.1) is 0 Å². The summed E-state index contributed by atoms with van der Waals surface area (Å²) >= 11 is 0. The van der Waals surface area contributed by atoms with Gasteiger partial charge in [-0.1, -0.05) is 13.8 Å². The fourth-order valence-corrected chi connectivity index (χ4v) is 2.62. The van der Waals surface area contributed by atoms with E-state index in [1.165, 1.54) is 45.4 Å². The van der Waals surface area contributed by atoms with E-state index >= 15 is 0 Å². The van der Waals surface area contributed by atoms with Gasteiger partial charge in [0.25, 0.3) is 0 Å². The summed E-state index contributed by atoms with van der Waals surface area (Å²) in [6, 6.07) is 0.801. The van der Waals surface area contributed by atoms with Crippen molar-refractivity contribution in [2.24, 2.45) is 5.92 Å². The van der Waals surface area contributed by atoms with Crippen molar-refractivity contribution < 1.29 is 0 Å². The van der Waals surface area contributed by atoms with Crippen LogP contribution >= 0.6 is 0 Å². The summed E-state index contributed by atoms with van der Waals surface area (Å²) in [7, 11) is 4.36. The van der Waals surface area contributed by atoms with Crippen LogP contribution in [0, 0.1) is 5.92 Å². The molecular formula is C14H31N3. The van der Waals surface area contributed by atoms with Crippen LogP contribution in [0.2, 0.25) is 0 Å². The Balaban J connectivity index is 2.09. The highest BCUT2D eigenvalue weighted by Crippen LogP contribution is 2.17. The molecule has 0 bridgehead atoms. The van der Waals surface area contributed by atoms with Gasteiger partial charge < -0.3 is 10.2 Å². The van der Waals surface area contributed by atoms with E-state index < -0.39 is 0 Å². The molecule has 1 aliphatic rings. The highest BCUT2D eigenvalue weighted by atomic mass is 15.2. The molecule has 0 aromatic rings. The van der Waals surface area contributed by atoms with E-state index in [-0.39, 0.29) is 0 Å². The quantitative estimate of drug-likeness (QED) is 0.652. The molecule has 1 fully saturated rings. The monoisotopic (exact) mass is 241 g/mol. The number of likely N-dealkylation sites (tertiary alicyclic amines) is 1. The molecule has 1 rings (SSSR count). The lowest BCUT2D eigenvalue weighted by atomic mass is 10.2. The van der Waals surface area contributed by atoms with Gasteiger partial charge in [-0.25, -0.2) is 0 Å². The van der Waals surface area contributed by atoms with Crippen LogP contribution in [0.25, 0.3) is 0 Å². The second-order valence-corrected chi connectivity index (χ2v) is 6.05. The Bertz CT molecular complexity index is 192. The smallest absolute Gasteiger partial charge is 0.0223 e. The molecule has 0 saturated carbocycles. The lowest BCUT2D eigenvalue weighted by Gasteiger charge is -2.27. The molecule has 1 saturated heterocycles. The summed E-state index contributed by atoms with van der Waals surface area (Å²) in [6.45, 7) is 10.7. The third-order valence-electron chi connectivity index (χ3n) is 3.43. The summed E-state index contributed by atoms with van der Waals surface area (Å²) in [5.74, 6) is 0.767. The fraction of sp³-hybridized carbons (Fsp3) is 1.00. The molecule has 3 nitrogen and oxygen atoms in total. The van der Waals surface area contributed by atoms with Crippen LogP contribution in [-0.2, 0) is 0 Å². The van der Waals surface area contributed by atoms with E-state index in [9.17, 15) is 0 Å². The van der Waals surface area contributed by atoms with Crippen molar-refractivity contribution in [1.82, 2.24) is 15.1 Å². The normalized spacial score (nSPS) is 21.9. The van der Waals surface area contributed by atoms with E-state index in [0.717, 1.165) is 18.5 Å². The van der Waals surface area contributed by atoms with Gasteiger partial charge in [0, 0.05) is 12.6 Å². The van der Waals surface area contributed by atoms with Crippen LogP contribution in [-0.4, -0.2) is 62.7 Å². The number of hydrogen-bond donors (Lipinski definition) is 1. The van der Waals surface area contributed by atoms with Gasteiger partial charge in [0.2, 0.25) is 0 Å². The molecule has 102 valence electrons. The molecule has 1 N–H and O–H groups in total. The second kappa shape index (κ2) is 8.06. The topological polar surface area (TPSA) is 18.5 Å². The summed E-state index contributed by atoms with van der Waals surface area (Å²) in [6.07, 6.45) is 4.06. The Labute approximate surface area is 108 Å². The van der Waals surface area contributed by atoms with Crippen LogP contribution in [0.15, 0.2) is 0 Å². The maximum absolute atomic E-state index is 3.53. The Morgan fingerprint density at radius 2 is 2.12 bits per heavy atom. The predicted molar refractivity (Wildman–Crippen MR) is 75.5 cm³/mol. The van der Waals surface area contributed by atoms with E-state index in [1.807, 2.05) is 0 Å². The first-order valence-corrected chi connectivity index (χ1v) is 7.19. The SMILES string of the molecule is CC(C)CNCCCN1CCCC1CN(C)C. The summed E-state index contributed by atoms with van der Waals surface area (Å²) in [5, 5.41) is 3.53. The first-order valence-electron chi connectivity index (χ1n) is 7.19. The van der Waals surface area contributed by atoms with Crippen molar-refractivity contribution >= 4 is 0 Å². The van der Waals surface area contributed by atoms with Crippen molar-refractivity contribution in [3.05, 3.63) is 0 Å². The van der Waals surface area contributed by atoms with E-state index in [2.05, 4.69) is 43.1 Å². The second-order valence-electron chi connectivity index (χ2n) is 6.05. The van der Waals surface area contributed by atoms with Crippen molar-refractivity contribution in [2.75, 3.05) is 46.8 Å². The molecule has 17 heavy (non-hydrogen) atoms. The zero-order chi connectivity index (χ0) is 12.7. The number of nitrogens with zero attached hydrogens (tertiary/aromatic N) is 2. The first kappa shape index (κ1) is 14.9. The average molecular weight is 241 g/mol. The average Bonchev–Trinajstić information content (AvgIpc) is 2.64. The minimum Gasteiger partial charge on any atom is -0.316 e. The Hall–Kier alpha value is -0.120. The fourth-order valence-electron chi connectivity index (χ4n) is 2.62. The van der Waals surface area contributed by atoms with Gasteiger partial charge in [-0.2, -0.15) is 0 Å². The van der Waals surface area contributed by atoms with E-state index in [1.54, 1.807) is 0 Å². The maximum atomic E-state index is 3.53. The van der Waals surface area contributed by atoms with Crippen molar-refractivity contribution in [1.29, 1.82) is 0 Å². The van der Waals surface area contributed by atoms with Gasteiger partial charge in [0.1, 0.15) is 0 Å². The Morgan fingerprint density at radius 3 is 2.76 bits per heavy atom. The van der Waals surface area contributed by atoms with Gasteiger partial charge in [0.15, 0.2) is 0 Å². The lowest BCUT2D eigenvalue weighted by Crippen LogP contribution is -2.38. The van der Waals surface area contributed by atoms with Gasteiger partial charge in [-0.15, -0.1) is 0 Å². The van der Waals surface area contributed by atoms with E-state index in [0.29, 0.717) is 0 Å². The predicted octanol–water partition coefficient (Wildman–Crippen LogP) is 1.65. The Morgan fingerprint density at radius 1 is 1.35 bits per heavy atom. The van der Waals surface area contributed by atoms with Crippen LogP contribution in [0.3, 0.4) is 0 Å². The highest BCUT2D eigenvalue weighted by Gasteiger charge is 2.23.